The standard InChI is InChI=1S/C29H30ClF2N5O3/c1-5-22(39)36-12-16-11-35-14-17(13-34(3)4)40-29-28(35)27(37(16)10-15(36)2)18-9-19(30)23(25(32)26(18)33-29)24-20(31)7-6-8-21(24)38/h5-9,15-17,38H,1,10-14H2,2-4H3/t15-,16-,17+/m1/s1/i10D/t10?,15-,16-,17+. The first-order valence-corrected chi connectivity index (χ1v) is 13.4. The molecule has 0 saturated carbocycles. The SMILES string of the molecule is [2H]C1[C@@H](C)N(C(=O)C=C)C[C@H]2CN3C[C@H](CN(C)C)Oc4nc5c(F)c(-c6c(O)cccc6F)c(Cl)cc5c(c43)N12. The number of rotatable bonds is 4. The van der Waals surface area contributed by atoms with Crippen LogP contribution in [0.1, 0.15) is 8.29 Å². The summed E-state index contributed by atoms with van der Waals surface area (Å²) in [4.78, 5) is 24.9. The summed E-state index contributed by atoms with van der Waals surface area (Å²) in [5, 5.41) is 10.7. The van der Waals surface area contributed by atoms with Gasteiger partial charge in [-0.25, -0.2) is 13.8 Å². The van der Waals surface area contributed by atoms with E-state index in [-0.39, 0.29) is 45.6 Å². The predicted octanol–water partition coefficient (Wildman–Crippen LogP) is 4.27. The molecule has 3 aliphatic heterocycles. The van der Waals surface area contributed by atoms with Gasteiger partial charge in [-0.1, -0.05) is 24.2 Å². The number of phenolic OH excluding ortho intramolecular Hbond substituents is 1. The number of likely N-dealkylation sites (N-methyl/N-ethyl adjacent to an activating group) is 1. The van der Waals surface area contributed by atoms with Crippen LogP contribution in [-0.2, 0) is 4.79 Å². The van der Waals surface area contributed by atoms with E-state index in [1.807, 2.05) is 23.9 Å². The number of aromatic hydroxyl groups is 1. The molecule has 3 aromatic rings. The molecule has 4 atom stereocenters. The third kappa shape index (κ3) is 4.12. The van der Waals surface area contributed by atoms with Crippen LogP contribution in [0.3, 0.4) is 0 Å². The highest BCUT2D eigenvalue weighted by molar-refractivity contribution is 6.34. The molecule has 0 radical (unpaired) electrons. The zero-order chi connectivity index (χ0) is 29.3. The highest BCUT2D eigenvalue weighted by Gasteiger charge is 2.44. The van der Waals surface area contributed by atoms with Gasteiger partial charge in [0.15, 0.2) is 5.82 Å². The van der Waals surface area contributed by atoms with E-state index < -0.39 is 29.9 Å². The number of hydrogen-bond acceptors (Lipinski definition) is 7. The van der Waals surface area contributed by atoms with Gasteiger partial charge in [0.25, 0.3) is 0 Å². The van der Waals surface area contributed by atoms with Crippen molar-refractivity contribution in [2.75, 3.05) is 56.6 Å². The minimum Gasteiger partial charge on any atom is -0.507 e. The summed E-state index contributed by atoms with van der Waals surface area (Å²) >= 11 is 6.63. The normalized spacial score (nSPS) is 24.0. The molecule has 4 heterocycles. The van der Waals surface area contributed by atoms with E-state index in [0.717, 1.165) is 6.07 Å². The zero-order valence-electron chi connectivity index (χ0n) is 23.4. The van der Waals surface area contributed by atoms with E-state index in [9.17, 15) is 15.7 Å². The second-order valence-corrected chi connectivity index (χ2v) is 11.2. The number of benzene rings is 2. The number of amides is 1. The van der Waals surface area contributed by atoms with Gasteiger partial charge < -0.3 is 29.4 Å². The topological polar surface area (TPSA) is 72.4 Å². The monoisotopic (exact) mass is 570 g/mol. The number of hydrogen-bond donors (Lipinski definition) is 1. The third-order valence-electron chi connectivity index (χ3n) is 7.73. The maximum absolute atomic E-state index is 16.5. The maximum Gasteiger partial charge on any atom is 0.246 e. The van der Waals surface area contributed by atoms with Crippen LogP contribution in [0.4, 0.5) is 20.2 Å². The molecular weight excluding hydrogens is 540 g/mol. The Hall–Kier alpha value is -3.63. The quantitative estimate of drug-likeness (QED) is 0.470. The average Bonchev–Trinajstić information content (AvgIpc) is 2.91. The molecule has 0 bridgehead atoms. The van der Waals surface area contributed by atoms with Crippen LogP contribution in [0.5, 0.6) is 11.6 Å². The number of aromatic nitrogens is 1. The van der Waals surface area contributed by atoms with Crippen molar-refractivity contribution in [3.05, 3.63) is 53.6 Å². The second-order valence-electron chi connectivity index (χ2n) is 10.7. The molecular formula is C29H30ClF2N5O3. The van der Waals surface area contributed by atoms with Crippen molar-refractivity contribution in [3.8, 4) is 22.8 Å². The highest BCUT2D eigenvalue weighted by atomic mass is 35.5. The Balaban J connectivity index is 1.62. The first-order valence-electron chi connectivity index (χ1n) is 13.6. The van der Waals surface area contributed by atoms with Crippen LogP contribution < -0.4 is 14.5 Å². The largest absolute Gasteiger partial charge is 0.507 e. The number of ether oxygens (including phenoxy) is 1. The van der Waals surface area contributed by atoms with Gasteiger partial charge >= 0.3 is 0 Å². The molecule has 6 rings (SSSR count). The van der Waals surface area contributed by atoms with Crippen molar-refractivity contribution in [1.29, 1.82) is 0 Å². The number of phenols is 1. The smallest absolute Gasteiger partial charge is 0.246 e. The lowest BCUT2D eigenvalue weighted by atomic mass is 9.95. The van der Waals surface area contributed by atoms with Gasteiger partial charge in [-0.15, -0.1) is 0 Å². The Kier molecular flexibility index (Phi) is 6.20. The summed E-state index contributed by atoms with van der Waals surface area (Å²) in [7, 11) is 3.85. The maximum atomic E-state index is 16.5. The Morgan fingerprint density at radius 1 is 1.30 bits per heavy atom. The number of pyridine rings is 1. The average molecular weight is 571 g/mol. The summed E-state index contributed by atoms with van der Waals surface area (Å²) in [5.74, 6) is -2.24. The molecule has 1 saturated heterocycles. The van der Waals surface area contributed by atoms with Crippen molar-refractivity contribution in [2.45, 2.75) is 25.1 Å². The summed E-state index contributed by atoms with van der Waals surface area (Å²) in [5.41, 5.74) is 0.383. The summed E-state index contributed by atoms with van der Waals surface area (Å²) in [6, 6.07) is 4.42. The van der Waals surface area contributed by atoms with E-state index in [2.05, 4.69) is 16.5 Å². The Morgan fingerprint density at radius 2 is 2.08 bits per heavy atom. The Bertz CT molecular complexity index is 1570. The van der Waals surface area contributed by atoms with Gasteiger partial charge in [0.05, 0.1) is 30.2 Å². The molecule has 0 aliphatic carbocycles. The van der Waals surface area contributed by atoms with Crippen LogP contribution in [0.25, 0.3) is 22.0 Å². The number of piperazine rings is 1. The number of halogens is 3. The lowest BCUT2D eigenvalue weighted by Gasteiger charge is -2.53. The van der Waals surface area contributed by atoms with Gasteiger partial charge in [0, 0.05) is 43.1 Å². The molecule has 1 N–H and O–H groups in total. The second kappa shape index (κ2) is 9.78. The molecule has 1 unspecified atom stereocenters. The molecule has 1 fully saturated rings. The fraction of sp³-hybridized carbons (Fsp3) is 0.379. The van der Waals surface area contributed by atoms with Crippen molar-refractivity contribution in [3.63, 3.8) is 0 Å². The van der Waals surface area contributed by atoms with Crippen LogP contribution in [0.15, 0.2) is 36.9 Å². The van der Waals surface area contributed by atoms with Gasteiger partial charge in [-0.2, -0.15) is 0 Å². The Labute approximate surface area is 237 Å². The van der Waals surface area contributed by atoms with Crippen LogP contribution in [0, 0.1) is 11.6 Å². The number of carbonyl (C=O) groups excluding carboxylic acids is 1. The number of anilines is 2. The van der Waals surface area contributed by atoms with Crippen LogP contribution in [-0.4, -0.2) is 90.8 Å². The molecule has 1 aromatic heterocycles. The first kappa shape index (κ1) is 25.3. The van der Waals surface area contributed by atoms with E-state index in [1.165, 1.54) is 24.3 Å². The lowest BCUT2D eigenvalue weighted by molar-refractivity contribution is -0.128. The fourth-order valence-electron chi connectivity index (χ4n) is 6.08. The molecule has 2 aromatic carbocycles. The van der Waals surface area contributed by atoms with Crippen molar-refractivity contribution in [1.82, 2.24) is 14.8 Å². The fourth-order valence-corrected chi connectivity index (χ4v) is 6.37. The molecule has 8 nitrogen and oxygen atoms in total. The number of fused-ring (bicyclic) bond motifs is 4. The molecule has 210 valence electrons. The van der Waals surface area contributed by atoms with Crippen molar-refractivity contribution < 1.29 is 24.8 Å². The van der Waals surface area contributed by atoms with Gasteiger partial charge in [0.1, 0.15) is 28.9 Å². The molecule has 3 aliphatic rings. The molecule has 0 spiro atoms. The van der Waals surface area contributed by atoms with Gasteiger partial charge in [-0.05, 0) is 45.3 Å². The number of nitrogens with zero attached hydrogens (tertiary/aromatic N) is 5. The summed E-state index contributed by atoms with van der Waals surface area (Å²) in [6.45, 7) is 6.48. The summed E-state index contributed by atoms with van der Waals surface area (Å²) < 4.78 is 46.9. The Morgan fingerprint density at radius 3 is 2.77 bits per heavy atom. The van der Waals surface area contributed by atoms with Crippen LogP contribution in [0.2, 0.25) is 5.02 Å². The number of carbonyl (C=O) groups is 1. The summed E-state index contributed by atoms with van der Waals surface area (Å²) in [6.07, 6.45) is 0.969. The molecule has 11 heteroatoms. The molecule has 1 amide bonds. The van der Waals surface area contributed by atoms with E-state index in [0.29, 0.717) is 42.9 Å². The van der Waals surface area contributed by atoms with E-state index in [1.54, 1.807) is 11.8 Å². The van der Waals surface area contributed by atoms with E-state index in [4.69, 9.17) is 16.3 Å². The minimum atomic E-state index is -0.908. The van der Waals surface area contributed by atoms with Crippen molar-refractivity contribution >= 4 is 39.8 Å². The van der Waals surface area contributed by atoms with Crippen LogP contribution >= 0.6 is 11.6 Å². The van der Waals surface area contributed by atoms with Gasteiger partial charge in [-0.3, -0.25) is 4.79 Å². The predicted molar refractivity (Wildman–Crippen MR) is 151 cm³/mol. The third-order valence-corrected chi connectivity index (χ3v) is 8.03. The van der Waals surface area contributed by atoms with Gasteiger partial charge in [0.2, 0.25) is 11.8 Å². The van der Waals surface area contributed by atoms with Crippen molar-refractivity contribution in [2.24, 2.45) is 0 Å². The molecule has 40 heavy (non-hydrogen) atoms. The van der Waals surface area contributed by atoms with E-state index >= 15 is 4.39 Å². The highest BCUT2D eigenvalue weighted by Crippen LogP contribution is 2.51. The first-order chi connectivity index (χ1) is 19.5. The zero-order valence-corrected chi connectivity index (χ0v) is 23.1. The minimum absolute atomic E-state index is 0.112. The lowest BCUT2D eigenvalue weighted by Crippen LogP contribution is -2.65.